The van der Waals surface area contributed by atoms with Gasteiger partial charge >= 0.3 is 5.69 Å². The molecule has 1 aromatic carbocycles. The molecule has 1 aromatic heterocycles. The highest BCUT2D eigenvalue weighted by molar-refractivity contribution is 6.00. The van der Waals surface area contributed by atoms with Crippen molar-refractivity contribution in [3.63, 3.8) is 0 Å². The lowest BCUT2D eigenvalue weighted by Gasteiger charge is -2.33. The Morgan fingerprint density at radius 1 is 1.38 bits per heavy atom. The molecule has 1 aliphatic heterocycles. The van der Waals surface area contributed by atoms with Gasteiger partial charge in [-0.15, -0.1) is 0 Å². The van der Waals surface area contributed by atoms with Gasteiger partial charge in [0.25, 0.3) is 5.91 Å². The van der Waals surface area contributed by atoms with Gasteiger partial charge in [0.2, 0.25) is 0 Å². The Morgan fingerprint density at radius 3 is 2.92 bits per heavy atom. The number of hydrogen-bond donors (Lipinski definition) is 2. The minimum atomic E-state index is -0.181. The van der Waals surface area contributed by atoms with Gasteiger partial charge in [0.15, 0.2) is 0 Å². The Balaban J connectivity index is 1.85. The van der Waals surface area contributed by atoms with E-state index in [-0.39, 0.29) is 17.5 Å². The second kappa shape index (κ2) is 7.76. The molecule has 7 nitrogen and oxygen atoms in total. The van der Waals surface area contributed by atoms with Crippen LogP contribution in [0.25, 0.3) is 0 Å². The Morgan fingerprint density at radius 2 is 2.19 bits per heavy atom. The molecule has 7 heteroatoms. The molecule has 0 unspecified atom stereocenters. The summed E-state index contributed by atoms with van der Waals surface area (Å²) in [7, 11) is 0. The lowest BCUT2D eigenvalue weighted by Crippen LogP contribution is -2.40. The average molecular weight is 357 g/mol. The molecule has 2 heterocycles. The number of nitrogens with one attached hydrogen (secondary N) is 2. The van der Waals surface area contributed by atoms with E-state index in [1.54, 1.807) is 4.57 Å². The second-order valence-electron chi connectivity index (χ2n) is 6.80. The van der Waals surface area contributed by atoms with E-state index in [0.29, 0.717) is 18.7 Å². The van der Waals surface area contributed by atoms with Gasteiger partial charge in [-0.3, -0.25) is 9.36 Å². The number of amides is 1. The average Bonchev–Trinajstić information content (AvgIpc) is 3.03. The molecule has 2 N–H and O–H groups in total. The highest BCUT2D eigenvalue weighted by atomic mass is 16.2. The molecule has 0 radical (unpaired) electrons. The van der Waals surface area contributed by atoms with Crippen LogP contribution in [0.15, 0.2) is 23.0 Å². The smallest absolute Gasteiger partial charge is 0.343 e. The SMILES string of the molecule is CCNc1ccc(C)cc1C(=O)N1CCC[C@@H](c2n[nH]c(=O)n2CC)C1. The number of nitrogens with zero attached hydrogens (tertiary/aromatic N) is 3. The van der Waals surface area contributed by atoms with E-state index in [0.717, 1.165) is 43.0 Å². The van der Waals surface area contributed by atoms with Crippen molar-refractivity contribution in [2.45, 2.75) is 46.1 Å². The molecule has 2 aromatic rings. The van der Waals surface area contributed by atoms with Crippen molar-refractivity contribution >= 4 is 11.6 Å². The molecule has 26 heavy (non-hydrogen) atoms. The van der Waals surface area contributed by atoms with Crippen LogP contribution in [0.2, 0.25) is 0 Å². The van der Waals surface area contributed by atoms with Crippen LogP contribution in [0.3, 0.4) is 0 Å². The van der Waals surface area contributed by atoms with Crippen LogP contribution in [0.4, 0.5) is 5.69 Å². The molecular formula is C19H27N5O2. The molecule has 140 valence electrons. The number of carbonyl (C=O) groups excluding carboxylic acids is 1. The van der Waals surface area contributed by atoms with Crippen molar-refractivity contribution in [1.82, 2.24) is 19.7 Å². The first kappa shape index (κ1) is 18.2. The molecule has 1 atom stereocenters. The first-order chi connectivity index (χ1) is 12.5. The Kier molecular flexibility index (Phi) is 5.44. The van der Waals surface area contributed by atoms with Gasteiger partial charge in [-0.1, -0.05) is 11.6 Å². The van der Waals surface area contributed by atoms with E-state index in [2.05, 4.69) is 15.5 Å². The predicted molar refractivity (Wildman–Crippen MR) is 102 cm³/mol. The summed E-state index contributed by atoms with van der Waals surface area (Å²) in [5, 5.41) is 10.0. The molecule has 1 amide bonds. The van der Waals surface area contributed by atoms with E-state index in [4.69, 9.17) is 0 Å². The maximum atomic E-state index is 13.2. The number of anilines is 1. The fourth-order valence-corrected chi connectivity index (χ4v) is 3.67. The lowest BCUT2D eigenvalue weighted by atomic mass is 9.96. The topological polar surface area (TPSA) is 83.0 Å². The zero-order valence-electron chi connectivity index (χ0n) is 15.7. The summed E-state index contributed by atoms with van der Waals surface area (Å²) < 4.78 is 1.66. The van der Waals surface area contributed by atoms with Gasteiger partial charge in [-0.05, 0) is 45.7 Å². The van der Waals surface area contributed by atoms with E-state index in [1.165, 1.54) is 0 Å². The van der Waals surface area contributed by atoms with Gasteiger partial charge in [0.1, 0.15) is 5.82 Å². The largest absolute Gasteiger partial charge is 0.385 e. The van der Waals surface area contributed by atoms with E-state index in [1.807, 2.05) is 43.9 Å². The summed E-state index contributed by atoms with van der Waals surface area (Å²) in [6.45, 7) is 8.61. The van der Waals surface area contributed by atoms with Crippen molar-refractivity contribution < 1.29 is 4.79 Å². The normalized spacial score (nSPS) is 17.3. The van der Waals surface area contributed by atoms with Crippen LogP contribution in [-0.4, -0.2) is 45.2 Å². The number of aryl methyl sites for hydroxylation is 1. The highest BCUT2D eigenvalue weighted by Crippen LogP contribution is 2.27. The molecule has 1 fully saturated rings. The van der Waals surface area contributed by atoms with Gasteiger partial charge < -0.3 is 10.2 Å². The quantitative estimate of drug-likeness (QED) is 0.860. The summed E-state index contributed by atoms with van der Waals surface area (Å²) in [4.78, 5) is 26.9. The van der Waals surface area contributed by atoms with Crippen LogP contribution >= 0.6 is 0 Å². The van der Waals surface area contributed by atoms with Crippen molar-refractivity contribution in [1.29, 1.82) is 0 Å². The van der Waals surface area contributed by atoms with Crippen molar-refractivity contribution in [3.05, 3.63) is 45.6 Å². The molecule has 0 bridgehead atoms. The van der Waals surface area contributed by atoms with Gasteiger partial charge in [-0.2, -0.15) is 5.10 Å². The monoisotopic (exact) mass is 357 g/mol. The Hall–Kier alpha value is -2.57. The fourth-order valence-electron chi connectivity index (χ4n) is 3.67. The summed E-state index contributed by atoms with van der Waals surface area (Å²) >= 11 is 0. The van der Waals surface area contributed by atoms with Gasteiger partial charge in [0, 0.05) is 37.8 Å². The van der Waals surface area contributed by atoms with Crippen LogP contribution < -0.4 is 11.0 Å². The first-order valence-corrected chi connectivity index (χ1v) is 9.34. The maximum absolute atomic E-state index is 13.2. The van der Waals surface area contributed by atoms with Crippen molar-refractivity contribution in [2.24, 2.45) is 0 Å². The molecule has 1 saturated heterocycles. The maximum Gasteiger partial charge on any atom is 0.343 e. The number of rotatable bonds is 5. The third kappa shape index (κ3) is 3.52. The second-order valence-corrected chi connectivity index (χ2v) is 6.80. The molecule has 0 saturated carbocycles. The predicted octanol–water partition coefficient (Wildman–Crippen LogP) is 2.35. The number of H-pyrrole nitrogens is 1. The number of aromatic nitrogens is 3. The third-order valence-corrected chi connectivity index (χ3v) is 4.95. The van der Waals surface area contributed by atoms with Crippen LogP contribution in [0.5, 0.6) is 0 Å². The third-order valence-electron chi connectivity index (χ3n) is 4.95. The zero-order valence-corrected chi connectivity index (χ0v) is 15.7. The molecule has 3 rings (SSSR count). The van der Waals surface area contributed by atoms with Gasteiger partial charge in [-0.25, -0.2) is 9.89 Å². The van der Waals surface area contributed by atoms with E-state index < -0.39 is 0 Å². The first-order valence-electron chi connectivity index (χ1n) is 9.34. The number of piperidine rings is 1. The van der Waals surface area contributed by atoms with E-state index >= 15 is 0 Å². The lowest BCUT2D eigenvalue weighted by molar-refractivity contribution is 0.0704. The molecule has 1 aliphatic rings. The summed E-state index contributed by atoms with van der Waals surface area (Å²) in [6.07, 6.45) is 1.84. The molecule has 0 spiro atoms. The van der Waals surface area contributed by atoms with Crippen molar-refractivity contribution in [3.8, 4) is 0 Å². The number of carbonyl (C=O) groups is 1. The zero-order chi connectivity index (χ0) is 18.7. The number of likely N-dealkylation sites (tertiary alicyclic amines) is 1. The standard InChI is InChI=1S/C19H27N5O2/c1-4-20-16-9-8-13(3)11-15(16)18(25)23-10-6-7-14(12-23)17-21-22-19(26)24(17)5-2/h8-9,11,14,20H,4-7,10,12H2,1-3H3,(H,22,26)/t14-/m1/s1. The summed E-state index contributed by atoms with van der Waals surface area (Å²) in [6, 6.07) is 5.92. The highest BCUT2D eigenvalue weighted by Gasteiger charge is 2.29. The number of aromatic amines is 1. The molecule has 0 aliphatic carbocycles. The molecular weight excluding hydrogens is 330 g/mol. The van der Waals surface area contributed by atoms with E-state index in [9.17, 15) is 9.59 Å². The van der Waals surface area contributed by atoms with Crippen LogP contribution in [-0.2, 0) is 6.54 Å². The van der Waals surface area contributed by atoms with Gasteiger partial charge in [0.05, 0.1) is 5.56 Å². The fraction of sp³-hybridized carbons (Fsp3) is 0.526. The Bertz CT molecular complexity index is 839. The number of hydrogen-bond acceptors (Lipinski definition) is 4. The van der Waals surface area contributed by atoms with Crippen molar-refractivity contribution in [2.75, 3.05) is 25.0 Å². The van der Waals surface area contributed by atoms with Crippen LogP contribution in [0.1, 0.15) is 54.4 Å². The minimum Gasteiger partial charge on any atom is -0.385 e. The minimum absolute atomic E-state index is 0.0373. The summed E-state index contributed by atoms with van der Waals surface area (Å²) in [5.74, 6) is 0.875. The number of benzene rings is 1. The van der Waals surface area contributed by atoms with Crippen LogP contribution in [0, 0.1) is 6.92 Å². The summed E-state index contributed by atoms with van der Waals surface area (Å²) in [5.41, 5.74) is 2.47. The Labute approximate surface area is 153 Å².